The Bertz CT molecular complexity index is 657. The molecule has 4 rings (SSSR count). The fraction of sp³-hybridized carbons (Fsp3) is 0.684. The number of hydrogen-bond acceptors (Lipinski definition) is 5. The number of morpholine rings is 1. The van der Waals surface area contributed by atoms with E-state index >= 15 is 0 Å². The van der Waals surface area contributed by atoms with E-state index in [4.69, 9.17) is 21.1 Å². The molecule has 3 fully saturated rings. The van der Waals surface area contributed by atoms with Gasteiger partial charge in [-0.3, -0.25) is 4.79 Å². The molecule has 1 amide bonds. The Morgan fingerprint density at radius 2 is 2.04 bits per heavy atom. The van der Waals surface area contributed by atoms with Crippen LogP contribution in [0.4, 0.5) is 5.82 Å². The molecule has 1 spiro atoms. The minimum atomic E-state index is -0.0368. The number of hydrogen-bond donors (Lipinski definition) is 1. The van der Waals surface area contributed by atoms with Crippen LogP contribution < -0.4 is 5.32 Å². The van der Waals surface area contributed by atoms with Gasteiger partial charge in [0, 0.05) is 31.9 Å². The molecule has 2 saturated heterocycles. The summed E-state index contributed by atoms with van der Waals surface area (Å²) in [5, 5.41) is 3.97. The van der Waals surface area contributed by atoms with Gasteiger partial charge in [-0.15, -0.1) is 0 Å². The number of pyridine rings is 1. The monoisotopic (exact) mass is 379 g/mol. The van der Waals surface area contributed by atoms with E-state index in [1.807, 2.05) is 0 Å². The third-order valence-electron chi connectivity index (χ3n) is 5.74. The van der Waals surface area contributed by atoms with Gasteiger partial charge in [0.1, 0.15) is 5.82 Å². The van der Waals surface area contributed by atoms with E-state index in [1.54, 1.807) is 17.2 Å². The number of rotatable bonds is 3. The van der Waals surface area contributed by atoms with Gasteiger partial charge in [0.05, 0.1) is 29.4 Å². The van der Waals surface area contributed by atoms with Crippen molar-refractivity contribution in [2.75, 3.05) is 38.2 Å². The number of nitrogens with one attached hydrogen (secondary N) is 1. The van der Waals surface area contributed by atoms with Crippen LogP contribution in [0.3, 0.4) is 0 Å². The van der Waals surface area contributed by atoms with Gasteiger partial charge in [-0.05, 0) is 31.7 Å². The molecule has 0 bridgehead atoms. The van der Waals surface area contributed by atoms with Crippen LogP contribution in [0, 0.1) is 0 Å². The first kappa shape index (κ1) is 18.0. The predicted molar refractivity (Wildman–Crippen MR) is 99.8 cm³/mol. The molecule has 1 saturated carbocycles. The minimum absolute atomic E-state index is 0.0368. The Morgan fingerprint density at radius 3 is 2.77 bits per heavy atom. The number of anilines is 1. The Labute approximate surface area is 159 Å². The van der Waals surface area contributed by atoms with Gasteiger partial charge in [0.2, 0.25) is 0 Å². The van der Waals surface area contributed by atoms with Crippen molar-refractivity contribution < 1.29 is 14.3 Å². The molecule has 6 nitrogen and oxygen atoms in total. The molecule has 7 heteroatoms. The molecule has 1 N–H and O–H groups in total. The van der Waals surface area contributed by atoms with E-state index in [-0.39, 0.29) is 11.5 Å². The number of ether oxygens (including phenoxy) is 2. The fourth-order valence-corrected chi connectivity index (χ4v) is 4.54. The summed E-state index contributed by atoms with van der Waals surface area (Å²) in [5.41, 5.74) is 0.580. The average molecular weight is 380 g/mol. The molecule has 1 aromatic rings. The molecule has 1 aromatic heterocycles. The maximum Gasteiger partial charge on any atom is 0.255 e. The van der Waals surface area contributed by atoms with E-state index in [0.29, 0.717) is 48.7 Å². The summed E-state index contributed by atoms with van der Waals surface area (Å²) < 4.78 is 11.4. The first-order valence-corrected chi connectivity index (χ1v) is 9.96. The molecule has 3 heterocycles. The van der Waals surface area contributed by atoms with E-state index in [1.165, 1.54) is 12.8 Å². The van der Waals surface area contributed by atoms with Crippen molar-refractivity contribution in [3.63, 3.8) is 0 Å². The minimum Gasteiger partial charge on any atom is -0.378 e. The van der Waals surface area contributed by atoms with Crippen LogP contribution in [0.1, 0.15) is 48.9 Å². The highest BCUT2D eigenvalue weighted by Gasteiger charge is 2.40. The van der Waals surface area contributed by atoms with Crippen molar-refractivity contribution in [2.24, 2.45) is 0 Å². The normalized spacial score (nSPS) is 25.4. The number of halogens is 1. The van der Waals surface area contributed by atoms with Gasteiger partial charge in [0.25, 0.3) is 5.91 Å². The van der Waals surface area contributed by atoms with Crippen LogP contribution in [-0.4, -0.2) is 60.3 Å². The molecular formula is C19H26ClN3O3. The average Bonchev–Trinajstić information content (AvgIpc) is 3.11. The highest BCUT2D eigenvalue weighted by molar-refractivity contribution is 6.33. The zero-order valence-electron chi connectivity index (χ0n) is 15.0. The van der Waals surface area contributed by atoms with Crippen molar-refractivity contribution in [3.05, 3.63) is 22.8 Å². The van der Waals surface area contributed by atoms with E-state index in [0.717, 1.165) is 32.3 Å². The maximum atomic E-state index is 12.6. The lowest BCUT2D eigenvalue weighted by Crippen LogP contribution is -2.42. The molecule has 3 aliphatic rings. The first-order valence-electron chi connectivity index (χ1n) is 9.58. The second-order valence-electron chi connectivity index (χ2n) is 7.53. The summed E-state index contributed by atoms with van der Waals surface area (Å²) in [6.45, 7) is 3.17. The largest absolute Gasteiger partial charge is 0.378 e. The first-order chi connectivity index (χ1) is 12.7. The Balaban J connectivity index is 1.42. The Morgan fingerprint density at radius 1 is 1.27 bits per heavy atom. The number of carbonyl (C=O) groups excluding carboxylic acids is 1. The molecule has 0 radical (unpaired) electrons. The number of amides is 1. The number of aromatic nitrogens is 1. The molecular weight excluding hydrogens is 354 g/mol. The summed E-state index contributed by atoms with van der Waals surface area (Å²) >= 11 is 6.43. The van der Waals surface area contributed by atoms with Crippen LogP contribution >= 0.6 is 11.6 Å². The zero-order valence-corrected chi connectivity index (χ0v) is 15.8. The lowest BCUT2D eigenvalue weighted by atomic mass is 9.89. The van der Waals surface area contributed by atoms with Crippen molar-refractivity contribution in [3.8, 4) is 0 Å². The molecule has 26 heavy (non-hydrogen) atoms. The van der Waals surface area contributed by atoms with Crippen molar-refractivity contribution in [2.45, 2.75) is 50.2 Å². The third kappa shape index (κ3) is 3.82. The number of carbonyl (C=O) groups is 1. The van der Waals surface area contributed by atoms with E-state index < -0.39 is 0 Å². The van der Waals surface area contributed by atoms with Crippen molar-refractivity contribution in [1.82, 2.24) is 9.88 Å². The van der Waals surface area contributed by atoms with Gasteiger partial charge in [-0.1, -0.05) is 24.4 Å². The van der Waals surface area contributed by atoms with Crippen LogP contribution in [0.15, 0.2) is 12.3 Å². The SMILES string of the molecule is O=C(c1cnc(NC2CCOC3(CCCC3)C2)c(Cl)c1)N1CCOCC1. The smallest absolute Gasteiger partial charge is 0.255 e. The van der Waals surface area contributed by atoms with Gasteiger partial charge < -0.3 is 19.7 Å². The van der Waals surface area contributed by atoms with E-state index in [9.17, 15) is 4.79 Å². The Hall–Kier alpha value is -1.37. The summed E-state index contributed by atoms with van der Waals surface area (Å²) in [5.74, 6) is 0.621. The van der Waals surface area contributed by atoms with E-state index in [2.05, 4.69) is 10.3 Å². The molecule has 0 aromatic carbocycles. The molecule has 2 aliphatic heterocycles. The zero-order chi connectivity index (χ0) is 18.0. The second-order valence-corrected chi connectivity index (χ2v) is 7.94. The summed E-state index contributed by atoms with van der Waals surface area (Å²) in [4.78, 5) is 18.8. The topological polar surface area (TPSA) is 63.7 Å². The second kappa shape index (κ2) is 7.71. The van der Waals surface area contributed by atoms with Gasteiger partial charge in [0.15, 0.2) is 0 Å². The van der Waals surface area contributed by atoms with Crippen LogP contribution in [0.5, 0.6) is 0 Å². The maximum absolute atomic E-state index is 12.6. The molecule has 1 unspecified atom stereocenters. The quantitative estimate of drug-likeness (QED) is 0.874. The highest BCUT2D eigenvalue weighted by Crippen LogP contribution is 2.40. The predicted octanol–water partition coefficient (Wildman–Crippen LogP) is 3.11. The van der Waals surface area contributed by atoms with Gasteiger partial charge in [-0.25, -0.2) is 4.98 Å². The standard InChI is InChI=1S/C19H26ClN3O3/c20-16-11-14(18(24)23-6-9-25-10-7-23)13-21-17(16)22-15-3-8-26-19(12-15)4-1-2-5-19/h11,13,15H,1-10,12H2,(H,21,22). The van der Waals surface area contributed by atoms with Crippen LogP contribution in [0.25, 0.3) is 0 Å². The molecule has 1 aliphatic carbocycles. The van der Waals surface area contributed by atoms with Gasteiger partial charge >= 0.3 is 0 Å². The summed E-state index contributed by atoms with van der Waals surface area (Å²) in [6.07, 6.45) is 8.39. The van der Waals surface area contributed by atoms with Gasteiger partial charge in [-0.2, -0.15) is 0 Å². The Kier molecular flexibility index (Phi) is 5.34. The van der Waals surface area contributed by atoms with Crippen molar-refractivity contribution in [1.29, 1.82) is 0 Å². The fourth-order valence-electron chi connectivity index (χ4n) is 4.32. The lowest BCUT2D eigenvalue weighted by molar-refractivity contribution is -0.0767. The summed E-state index contributed by atoms with van der Waals surface area (Å²) in [7, 11) is 0. The highest BCUT2D eigenvalue weighted by atomic mass is 35.5. The third-order valence-corrected chi connectivity index (χ3v) is 6.02. The molecule has 1 atom stereocenters. The summed E-state index contributed by atoms with van der Waals surface area (Å²) in [6, 6.07) is 2.03. The van der Waals surface area contributed by atoms with Crippen LogP contribution in [0.2, 0.25) is 5.02 Å². The van der Waals surface area contributed by atoms with Crippen molar-refractivity contribution >= 4 is 23.3 Å². The van der Waals surface area contributed by atoms with Crippen LogP contribution in [-0.2, 0) is 9.47 Å². The molecule has 142 valence electrons. The lowest BCUT2D eigenvalue weighted by Gasteiger charge is -2.38. The number of nitrogens with zero attached hydrogens (tertiary/aromatic N) is 2.